The molecule has 2 N–H and O–H groups in total. The standard InChI is InChI=1S/C21H23N3O4S2/c1-28-18-5-3-4-15(12-18)10-11-22-20(25)13-17-14-29-21(24-17)23-16-6-8-19(9-7-16)30(2,26)27/h3-9,12,14H,10-11,13H2,1-2H3,(H,22,25)(H,23,24). The van der Waals surface area contributed by atoms with Gasteiger partial charge in [0.2, 0.25) is 5.91 Å². The summed E-state index contributed by atoms with van der Waals surface area (Å²) >= 11 is 1.39. The molecule has 158 valence electrons. The fourth-order valence-electron chi connectivity index (χ4n) is 2.76. The fourth-order valence-corrected chi connectivity index (χ4v) is 4.12. The van der Waals surface area contributed by atoms with Crippen molar-refractivity contribution >= 4 is 37.9 Å². The van der Waals surface area contributed by atoms with E-state index in [2.05, 4.69) is 15.6 Å². The molecule has 9 heteroatoms. The zero-order chi connectivity index (χ0) is 21.6. The van der Waals surface area contributed by atoms with E-state index in [1.807, 2.05) is 29.6 Å². The number of anilines is 2. The Bertz CT molecular complexity index is 1110. The molecule has 3 rings (SSSR count). The number of carbonyl (C=O) groups excluding carboxylic acids is 1. The number of ether oxygens (including phenoxy) is 1. The fraction of sp³-hybridized carbons (Fsp3) is 0.238. The Morgan fingerprint density at radius 3 is 2.63 bits per heavy atom. The molecule has 1 aromatic heterocycles. The number of hydrogen-bond acceptors (Lipinski definition) is 7. The molecule has 30 heavy (non-hydrogen) atoms. The van der Waals surface area contributed by atoms with Gasteiger partial charge in [0.05, 0.1) is 24.1 Å². The summed E-state index contributed by atoms with van der Waals surface area (Å²) in [6.07, 6.45) is 2.09. The highest BCUT2D eigenvalue weighted by molar-refractivity contribution is 7.90. The SMILES string of the molecule is COc1cccc(CCNC(=O)Cc2csc(Nc3ccc(S(C)(=O)=O)cc3)n2)c1. The van der Waals surface area contributed by atoms with E-state index in [1.165, 1.54) is 17.6 Å². The van der Waals surface area contributed by atoms with Crippen LogP contribution in [0.3, 0.4) is 0 Å². The van der Waals surface area contributed by atoms with Gasteiger partial charge in [-0.15, -0.1) is 11.3 Å². The number of aromatic nitrogens is 1. The van der Waals surface area contributed by atoms with Crippen molar-refractivity contribution in [3.8, 4) is 5.75 Å². The maximum absolute atomic E-state index is 12.2. The number of rotatable bonds is 9. The quantitative estimate of drug-likeness (QED) is 0.525. The maximum atomic E-state index is 12.2. The maximum Gasteiger partial charge on any atom is 0.226 e. The van der Waals surface area contributed by atoms with Crippen LogP contribution in [0.1, 0.15) is 11.3 Å². The Morgan fingerprint density at radius 1 is 1.17 bits per heavy atom. The third kappa shape index (κ3) is 6.30. The topological polar surface area (TPSA) is 97.4 Å². The van der Waals surface area contributed by atoms with Crippen LogP contribution in [0.15, 0.2) is 58.8 Å². The minimum absolute atomic E-state index is 0.0905. The molecule has 0 fully saturated rings. The second kappa shape index (κ2) is 9.73. The van der Waals surface area contributed by atoms with Crippen LogP contribution in [-0.4, -0.2) is 39.2 Å². The van der Waals surface area contributed by atoms with Crippen molar-refractivity contribution in [3.63, 3.8) is 0 Å². The van der Waals surface area contributed by atoms with Gasteiger partial charge < -0.3 is 15.4 Å². The van der Waals surface area contributed by atoms with Crippen LogP contribution >= 0.6 is 11.3 Å². The van der Waals surface area contributed by atoms with Crippen molar-refractivity contribution < 1.29 is 17.9 Å². The molecule has 0 aliphatic heterocycles. The van der Waals surface area contributed by atoms with Crippen molar-refractivity contribution in [1.29, 1.82) is 0 Å². The second-order valence-electron chi connectivity index (χ2n) is 6.69. The number of nitrogens with zero attached hydrogens (tertiary/aromatic N) is 1. The van der Waals surface area contributed by atoms with Gasteiger partial charge in [0, 0.05) is 23.9 Å². The van der Waals surface area contributed by atoms with Crippen LogP contribution in [0.5, 0.6) is 5.75 Å². The number of benzene rings is 2. The average molecular weight is 446 g/mol. The molecule has 0 radical (unpaired) electrons. The van der Waals surface area contributed by atoms with Crippen molar-refractivity contribution in [2.24, 2.45) is 0 Å². The number of thiazole rings is 1. The first-order chi connectivity index (χ1) is 14.3. The lowest BCUT2D eigenvalue weighted by molar-refractivity contribution is -0.120. The van der Waals surface area contributed by atoms with Gasteiger partial charge in [0.15, 0.2) is 15.0 Å². The molecule has 0 bridgehead atoms. The molecule has 0 saturated carbocycles. The first-order valence-corrected chi connectivity index (χ1v) is 12.0. The monoisotopic (exact) mass is 445 g/mol. The van der Waals surface area contributed by atoms with E-state index in [4.69, 9.17) is 4.74 Å². The summed E-state index contributed by atoms with van der Waals surface area (Å²) in [6.45, 7) is 0.536. The lowest BCUT2D eigenvalue weighted by atomic mass is 10.1. The van der Waals surface area contributed by atoms with Crippen LogP contribution < -0.4 is 15.4 Å². The molecule has 0 aliphatic carbocycles. The molecule has 7 nitrogen and oxygen atoms in total. The number of hydrogen-bond donors (Lipinski definition) is 2. The first kappa shape index (κ1) is 21.8. The third-order valence-corrected chi connectivity index (χ3v) is 6.23. The summed E-state index contributed by atoms with van der Waals surface area (Å²) in [4.78, 5) is 16.9. The third-order valence-electron chi connectivity index (χ3n) is 4.30. The van der Waals surface area contributed by atoms with Gasteiger partial charge in [0.25, 0.3) is 0 Å². The Balaban J connectivity index is 1.48. The lowest BCUT2D eigenvalue weighted by Crippen LogP contribution is -2.27. The molecule has 0 atom stereocenters. The van der Waals surface area contributed by atoms with E-state index in [0.29, 0.717) is 17.4 Å². The molecule has 3 aromatic rings. The highest BCUT2D eigenvalue weighted by Gasteiger charge is 2.09. The molecular formula is C21H23N3O4S2. The number of sulfone groups is 1. The summed E-state index contributed by atoms with van der Waals surface area (Å²) in [5, 5.41) is 8.49. The summed E-state index contributed by atoms with van der Waals surface area (Å²) in [6, 6.07) is 14.2. The molecule has 2 aromatic carbocycles. The number of nitrogens with one attached hydrogen (secondary N) is 2. The van der Waals surface area contributed by atoms with Crippen LogP contribution in [0, 0.1) is 0 Å². The Hall–Kier alpha value is -2.91. The number of amides is 1. The summed E-state index contributed by atoms with van der Waals surface area (Å²) in [7, 11) is -1.59. The van der Waals surface area contributed by atoms with Crippen LogP contribution in [0.25, 0.3) is 0 Å². The van der Waals surface area contributed by atoms with E-state index >= 15 is 0 Å². The van der Waals surface area contributed by atoms with Crippen molar-refractivity contribution in [2.75, 3.05) is 25.2 Å². The van der Waals surface area contributed by atoms with Crippen molar-refractivity contribution in [1.82, 2.24) is 10.3 Å². The second-order valence-corrected chi connectivity index (χ2v) is 9.57. The van der Waals surface area contributed by atoms with Crippen LogP contribution in [-0.2, 0) is 27.5 Å². The molecule has 0 spiro atoms. The number of carbonyl (C=O) groups is 1. The summed E-state index contributed by atoms with van der Waals surface area (Å²) in [5.74, 6) is 0.708. The zero-order valence-corrected chi connectivity index (χ0v) is 18.3. The highest BCUT2D eigenvalue weighted by Crippen LogP contribution is 2.22. The molecule has 0 saturated heterocycles. The van der Waals surface area contributed by atoms with Gasteiger partial charge >= 0.3 is 0 Å². The molecular weight excluding hydrogens is 422 g/mol. The van der Waals surface area contributed by atoms with Crippen molar-refractivity contribution in [3.05, 3.63) is 65.2 Å². The van der Waals surface area contributed by atoms with Gasteiger partial charge in [-0.1, -0.05) is 12.1 Å². The molecule has 1 amide bonds. The lowest BCUT2D eigenvalue weighted by Gasteiger charge is -2.06. The molecule has 0 aliphatic rings. The molecule has 1 heterocycles. The van der Waals surface area contributed by atoms with Gasteiger partial charge in [0.1, 0.15) is 5.75 Å². The van der Waals surface area contributed by atoms with E-state index in [9.17, 15) is 13.2 Å². The van der Waals surface area contributed by atoms with Crippen molar-refractivity contribution in [2.45, 2.75) is 17.7 Å². The van der Waals surface area contributed by atoms with Gasteiger partial charge in [-0.25, -0.2) is 13.4 Å². The normalized spacial score (nSPS) is 11.1. The smallest absolute Gasteiger partial charge is 0.226 e. The average Bonchev–Trinajstić information content (AvgIpc) is 3.14. The summed E-state index contributed by atoms with van der Waals surface area (Å²) in [5.41, 5.74) is 2.50. The van der Waals surface area contributed by atoms with Crippen LogP contribution in [0.2, 0.25) is 0 Å². The number of methoxy groups -OCH3 is 1. The molecule has 0 unspecified atom stereocenters. The van der Waals surface area contributed by atoms with E-state index < -0.39 is 9.84 Å². The largest absolute Gasteiger partial charge is 0.497 e. The summed E-state index contributed by atoms with van der Waals surface area (Å²) < 4.78 is 28.2. The van der Waals surface area contributed by atoms with E-state index in [0.717, 1.165) is 23.4 Å². The predicted molar refractivity (Wildman–Crippen MR) is 118 cm³/mol. The first-order valence-electron chi connectivity index (χ1n) is 9.24. The predicted octanol–water partition coefficient (Wildman–Crippen LogP) is 3.20. The van der Waals surface area contributed by atoms with Crippen LogP contribution in [0.4, 0.5) is 10.8 Å². The van der Waals surface area contributed by atoms with E-state index in [-0.39, 0.29) is 17.2 Å². The van der Waals surface area contributed by atoms with Gasteiger partial charge in [-0.05, 0) is 48.4 Å². The Morgan fingerprint density at radius 2 is 1.93 bits per heavy atom. The van der Waals surface area contributed by atoms with E-state index in [1.54, 1.807) is 31.4 Å². The van der Waals surface area contributed by atoms with Gasteiger partial charge in [-0.2, -0.15) is 0 Å². The highest BCUT2D eigenvalue weighted by atomic mass is 32.2. The zero-order valence-electron chi connectivity index (χ0n) is 16.7. The minimum Gasteiger partial charge on any atom is -0.497 e. The van der Waals surface area contributed by atoms with Gasteiger partial charge in [-0.3, -0.25) is 4.79 Å². The Kier molecular flexibility index (Phi) is 7.07. The Labute approximate surface area is 180 Å². The minimum atomic E-state index is -3.22.